The van der Waals surface area contributed by atoms with Crippen LogP contribution in [0.2, 0.25) is 0 Å². The third-order valence-corrected chi connectivity index (χ3v) is 5.15. The smallest absolute Gasteiger partial charge is 0.224 e. The molecule has 1 aromatic rings. The predicted octanol–water partition coefficient (Wildman–Crippen LogP) is 3.09. The summed E-state index contributed by atoms with van der Waals surface area (Å²) in [6.45, 7) is 6.12. The summed E-state index contributed by atoms with van der Waals surface area (Å²) in [5, 5.41) is 2.87. The van der Waals surface area contributed by atoms with Crippen LogP contribution in [0.1, 0.15) is 38.7 Å². The number of nitrogen functional groups attached to an aromatic ring is 1. The first-order valence-corrected chi connectivity index (χ1v) is 8.92. The average Bonchev–Trinajstić information content (AvgIpc) is 2.41. The lowest BCUT2D eigenvalue weighted by Crippen LogP contribution is -2.15. The summed E-state index contributed by atoms with van der Waals surface area (Å²) < 4.78 is 11.8. The largest absolute Gasteiger partial charge is 0.399 e. The van der Waals surface area contributed by atoms with Gasteiger partial charge in [-0.2, -0.15) is 0 Å². The van der Waals surface area contributed by atoms with Gasteiger partial charge in [-0.05, 0) is 43.0 Å². The van der Waals surface area contributed by atoms with Crippen LogP contribution in [0, 0.1) is 12.8 Å². The highest BCUT2D eigenvalue weighted by atomic mass is 32.2. The molecule has 0 aromatic heterocycles. The SMILES string of the molecule is CCC(C)CS(=O)CCCC(=O)Nc1ccc(N)cc1C. The second-order valence-electron chi connectivity index (χ2n) is 5.55. The topological polar surface area (TPSA) is 72.2 Å². The van der Waals surface area contributed by atoms with E-state index in [1.165, 1.54) is 0 Å². The lowest BCUT2D eigenvalue weighted by Gasteiger charge is -2.10. The summed E-state index contributed by atoms with van der Waals surface area (Å²) in [7, 11) is -0.817. The Bertz CT molecular complexity index is 503. The van der Waals surface area contributed by atoms with E-state index in [2.05, 4.69) is 19.2 Å². The molecule has 1 aromatic carbocycles. The normalized spacial score (nSPS) is 13.7. The maximum Gasteiger partial charge on any atom is 0.224 e. The number of hydrogen-bond donors (Lipinski definition) is 2. The molecule has 1 amide bonds. The van der Waals surface area contributed by atoms with Gasteiger partial charge in [0.05, 0.1) is 0 Å². The van der Waals surface area contributed by atoms with Crippen LogP contribution >= 0.6 is 0 Å². The Balaban J connectivity index is 2.33. The van der Waals surface area contributed by atoms with E-state index in [1.807, 2.05) is 19.1 Å². The Kier molecular flexibility index (Phi) is 7.43. The molecule has 0 saturated heterocycles. The lowest BCUT2D eigenvalue weighted by atomic mass is 10.1. The minimum atomic E-state index is -0.817. The number of nitrogens with one attached hydrogen (secondary N) is 1. The van der Waals surface area contributed by atoms with E-state index in [9.17, 15) is 9.00 Å². The van der Waals surface area contributed by atoms with Gasteiger partial charge in [0.15, 0.2) is 0 Å². The first-order valence-electron chi connectivity index (χ1n) is 7.43. The molecule has 0 fully saturated rings. The summed E-state index contributed by atoms with van der Waals surface area (Å²) in [6, 6.07) is 5.41. The first-order chi connectivity index (χ1) is 9.92. The van der Waals surface area contributed by atoms with E-state index in [0.29, 0.717) is 30.2 Å². The van der Waals surface area contributed by atoms with Crippen molar-refractivity contribution in [1.82, 2.24) is 0 Å². The van der Waals surface area contributed by atoms with Crippen LogP contribution in [0.3, 0.4) is 0 Å². The highest BCUT2D eigenvalue weighted by Crippen LogP contribution is 2.18. The van der Waals surface area contributed by atoms with Crippen LogP contribution in [0.5, 0.6) is 0 Å². The predicted molar refractivity (Wildman–Crippen MR) is 90.8 cm³/mol. The average molecular weight is 310 g/mol. The molecular formula is C16H26N2O2S. The number of nitrogens with two attached hydrogens (primary N) is 1. The van der Waals surface area contributed by atoms with Crippen LogP contribution in [-0.2, 0) is 15.6 Å². The molecule has 0 radical (unpaired) electrons. The van der Waals surface area contributed by atoms with Gasteiger partial charge in [-0.1, -0.05) is 20.3 Å². The van der Waals surface area contributed by atoms with Crippen molar-refractivity contribution in [3.8, 4) is 0 Å². The Morgan fingerprint density at radius 3 is 2.76 bits per heavy atom. The van der Waals surface area contributed by atoms with Crippen molar-refractivity contribution >= 4 is 28.1 Å². The Morgan fingerprint density at radius 2 is 2.14 bits per heavy atom. The molecule has 0 aliphatic heterocycles. The molecule has 4 nitrogen and oxygen atoms in total. The van der Waals surface area contributed by atoms with E-state index in [0.717, 1.165) is 23.4 Å². The summed E-state index contributed by atoms with van der Waals surface area (Å²) in [5.41, 5.74) is 8.10. The molecule has 3 N–H and O–H groups in total. The highest BCUT2D eigenvalue weighted by molar-refractivity contribution is 7.84. The van der Waals surface area contributed by atoms with Crippen LogP contribution in [-0.4, -0.2) is 21.6 Å². The van der Waals surface area contributed by atoms with Gasteiger partial charge in [0.25, 0.3) is 0 Å². The molecule has 0 saturated carbocycles. The molecule has 2 unspecified atom stereocenters. The third kappa shape index (κ3) is 6.76. The molecule has 0 heterocycles. The zero-order valence-corrected chi connectivity index (χ0v) is 14.0. The molecule has 21 heavy (non-hydrogen) atoms. The van der Waals surface area contributed by atoms with Gasteiger partial charge in [0.1, 0.15) is 0 Å². The zero-order chi connectivity index (χ0) is 15.8. The van der Waals surface area contributed by atoms with Crippen molar-refractivity contribution in [2.24, 2.45) is 5.92 Å². The Labute approximate surface area is 130 Å². The summed E-state index contributed by atoms with van der Waals surface area (Å²) in [6.07, 6.45) is 2.10. The van der Waals surface area contributed by atoms with E-state index in [-0.39, 0.29) is 5.91 Å². The van der Waals surface area contributed by atoms with Crippen molar-refractivity contribution in [1.29, 1.82) is 0 Å². The van der Waals surface area contributed by atoms with Crippen LogP contribution in [0.4, 0.5) is 11.4 Å². The molecule has 0 bridgehead atoms. The van der Waals surface area contributed by atoms with Crippen LogP contribution < -0.4 is 11.1 Å². The van der Waals surface area contributed by atoms with Crippen LogP contribution in [0.15, 0.2) is 18.2 Å². The standard InChI is InChI=1S/C16H26N2O2S/c1-4-12(2)11-21(20)9-5-6-16(19)18-15-8-7-14(17)10-13(15)3/h7-8,10,12H,4-6,9,11,17H2,1-3H3,(H,18,19). The number of carbonyl (C=O) groups excluding carboxylic acids is 1. The number of carbonyl (C=O) groups is 1. The Morgan fingerprint density at radius 1 is 1.43 bits per heavy atom. The van der Waals surface area contributed by atoms with E-state index >= 15 is 0 Å². The minimum absolute atomic E-state index is 0.0385. The number of hydrogen-bond acceptors (Lipinski definition) is 3. The molecule has 0 aliphatic rings. The second-order valence-corrected chi connectivity index (χ2v) is 7.17. The zero-order valence-electron chi connectivity index (χ0n) is 13.1. The monoisotopic (exact) mass is 310 g/mol. The van der Waals surface area contributed by atoms with E-state index in [1.54, 1.807) is 6.07 Å². The summed E-state index contributed by atoms with van der Waals surface area (Å²) in [5.74, 6) is 1.77. The van der Waals surface area contributed by atoms with E-state index < -0.39 is 10.8 Å². The van der Waals surface area contributed by atoms with Gasteiger partial charge in [0, 0.05) is 40.1 Å². The lowest BCUT2D eigenvalue weighted by molar-refractivity contribution is -0.116. The van der Waals surface area contributed by atoms with Crippen molar-refractivity contribution in [3.05, 3.63) is 23.8 Å². The van der Waals surface area contributed by atoms with Crippen molar-refractivity contribution in [2.45, 2.75) is 40.0 Å². The fourth-order valence-corrected chi connectivity index (χ4v) is 3.46. The van der Waals surface area contributed by atoms with Crippen molar-refractivity contribution < 1.29 is 9.00 Å². The molecule has 0 spiro atoms. The second kappa shape index (κ2) is 8.82. The molecule has 2 atom stereocenters. The number of benzene rings is 1. The number of rotatable bonds is 8. The quantitative estimate of drug-likeness (QED) is 0.725. The van der Waals surface area contributed by atoms with E-state index in [4.69, 9.17) is 5.73 Å². The summed E-state index contributed by atoms with van der Waals surface area (Å²) in [4.78, 5) is 11.9. The Hall–Kier alpha value is -1.36. The first kappa shape index (κ1) is 17.7. The maximum absolute atomic E-state index is 11.9. The van der Waals surface area contributed by atoms with Gasteiger partial charge >= 0.3 is 0 Å². The van der Waals surface area contributed by atoms with Gasteiger partial charge in [0.2, 0.25) is 5.91 Å². The van der Waals surface area contributed by atoms with Crippen molar-refractivity contribution in [2.75, 3.05) is 22.6 Å². The molecule has 5 heteroatoms. The minimum Gasteiger partial charge on any atom is -0.399 e. The summed E-state index contributed by atoms with van der Waals surface area (Å²) >= 11 is 0. The van der Waals surface area contributed by atoms with Gasteiger partial charge in [-0.3, -0.25) is 9.00 Å². The molecule has 1 rings (SSSR count). The molecule has 118 valence electrons. The van der Waals surface area contributed by atoms with Crippen molar-refractivity contribution in [3.63, 3.8) is 0 Å². The number of anilines is 2. The third-order valence-electron chi connectivity index (χ3n) is 3.47. The van der Waals surface area contributed by atoms with Gasteiger partial charge < -0.3 is 11.1 Å². The fraction of sp³-hybridized carbons (Fsp3) is 0.562. The number of amides is 1. The van der Waals surface area contributed by atoms with Gasteiger partial charge in [-0.15, -0.1) is 0 Å². The fourth-order valence-electron chi connectivity index (χ4n) is 1.95. The molecular weight excluding hydrogens is 284 g/mol. The maximum atomic E-state index is 11.9. The number of aryl methyl sites for hydroxylation is 1. The van der Waals surface area contributed by atoms with Gasteiger partial charge in [-0.25, -0.2) is 0 Å². The molecule has 0 aliphatic carbocycles. The highest BCUT2D eigenvalue weighted by Gasteiger charge is 2.08. The van der Waals surface area contributed by atoms with Crippen LogP contribution in [0.25, 0.3) is 0 Å².